The summed E-state index contributed by atoms with van der Waals surface area (Å²) in [4.78, 5) is 37.5. The van der Waals surface area contributed by atoms with Crippen molar-refractivity contribution in [2.24, 2.45) is 5.92 Å². The molecule has 1 atom stereocenters. The highest BCUT2D eigenvalue weighted by Crippen LogP contribution is 2.14. The number of anilines is 1. The van der Waals surface area contributed by atoms with E-state index in [1.165, 1.54) is 4.90 Å². The van der Waals surface area contributed by atoms with Crippen LogP contribution in [0.2, 0.25) is 0 Å². The second-order valence-electron chi connectivity index (χ2n) is 7.75. The lowest BCUT2D eigenvalue weighted by atomic mass is 10.1. The number of carbonyl (C=O) groups is 3. The molecular weight excluding hydrogens is 364 g/mol. The zero-order valence-corrected chi connectivity index (χ0v) is 17.6. The van der Waals surface area contributed by atoms with Gasteiger partial charge in [0.2, 0.25) is 6.79 Å². The predicted octanol–water partition coefficient (Wildman–Crippen LogP) is 3.62. The van der Waals surface area contributed by atoms with Crippen LogP contribution < -0.4 is 10.2 Å². The SMILES string of the molecule is Cc1ccc(N(C)C(=O)OCOC(=O)[C@@H](NC(=O)OC(C)(C)C)C(C)C)cc1. The van der Waals surface area contributed by atoms with Crippen LogP contribution in [0.1, 0.15) is 40.2 Å². The number of esters is 1. The average molecular weight is 394 g/mol. The number of nitrogens with one attached hydrogen (secondary N) is 1. The Balaban J connectivity index is 2.54. The molecule has 8 heteroatoms. The molecule has 0 aromatic heterocycles. The van der Waals surface area contributed by atoms with Crippen molar-refractivity contribution >= 4 is 23.8 Å². The summed E-state index contributed by atoms with van der Waals surface area (Å²) in [7, 11) is 1.55. The van der Waals surface area contributed by atoms with Gasteiger partial charge in [0.05, 0.1) is 0 Å². The zero-order valence-electron chi connectivity index (χ0n) is 17.6. The molecule has 0 bridgehead atoms. The van der Waals surface area contributed by atoms with Gasteiger partial charge in [-0.15, -0.1) is 0 Å². The van der Waals surface area contributed by atoms with Crippen LogP contribution in [0.3, 0.4) is 0 Å². The molecule has 0 spiro atoms. The van der Waals surface area contributed by atoms with Gasteiger partial charge < -0.3 is 19.5 Å². The molecule has 156 valence electrons. The van der Waals surface area contributed by atoms with Gasteiger partial charge in [0, 0.05) is 12.7 Å². The number of benzene rings is 1. The fourth-order valence-corrected chi connectivity index (χ4v) is 2.13. The minimum absolute atomic E-state index is 0.244. The molecule has 0 aliphatic rings. The van der Waals surface area contributed by atoms with E-state index in [-0.39, 0.29) is 5.92 Å². The summed E-state index contributed by atoms with van der Waals surface area (Å²) in [5.41, 5.74) is 1.02. The monoisotopic (exact) mass is 394 g/mol. The van der Waals surface area contributed by atoms with Crippen LogP contribution in [0.15, 0.2) is 24.3 Å². The normalized spacial score (nSPS) is 12.1. The first-order valence-electron chi connectivity index (χ1n) is 9.04. The first-order valence-corrected chi connectivity index (χ1v) is 9.04. The number of hydrogen-bond donors (Lipinski definition) is 1. The predicted molar refractivity (Wildman–Crippen MR) is 105 cm³/mol. The maximum atomic E-state index is 12.2. The lowest BCUT2D eigenvalue weighted by molar-refractivity contribution is -0.155. The van der Waals surface area contributed by atoms with Crippen LogP contribution in [-0.4, -0.2) is 43.6 Å². The van der Waals surface area contributed by atoms with E-state index in [1.54, 1.807) is 53.8 Å². The molecule has 1 aromatic rings. The maximum Gasteiger partial charge on any atom is 0.416 e. The molecule has 1 N–H and O–H groups in total. The number of aryl methyl sites for hydroxylation is 1. The quantitative estimate of drug-likeness (QED) is 0.585. The third-order valence-electron chi connectivity index (χ3n) is 3.67. The summed E-state index contributed by atoms with van der Waals surface area (Å²) in [6, 6.07) is 6.37. The van der Waals surface area contributed by atoms with Gasteiger partial charge in [0.25, 0.3) is 0 Å². The summed E-state index contributed by atoms with van der Waals surface area (Å²) in [5.74, 6) is -0.961. The zero-order chi connectivity index (χ0) is 21.5. The third-order valence-corrected chi connectivity index (χ3v) is 3.67. The summed E-state index contributed by atoms with van der Waals surface area (Å²) in [5, 5.41) is 2.48. The second-order valence-corrected chi connectivity index (χ2v) is 7.75. The van der Waals surface area contributed by atoms with Gasteiger partial charge in [-0.25, -0.2) is 14.4 Å². The Labute approximate surface area is 166 Å². The number of ether oxygens (including phenoxy) is 3. The summed E-state index contributed by atoms with van der Waals surface area (Å²) in [6.07, 6.45) is -1.39. The van der Waals surface area contributed by atoms with Crippen LogP contribution in [0.25, 0.3) is 0 Å². The van der Waals surface area contributed by atoms with Crippen molar-refractivity contribution in [3.05, 3.63) is 29.8 Å². The molecular formula is C20H30N2O6. The van der Waals surface area contributed by atoms with Gasteiger partial charge in [-0.3, -0.25) is 4.90 Å². The third kappa shape index (κ3) is 7.85. The van der Waals surface area contributed by atoms with E-state index in [4.69, 9.17) is 14.2 Å². The molecule has 0 aliphatic heterocycles. The fourth-order valence-electron chi connectivity index (χ4n) is 2.13. The minimum Gasteiger partial charge on any atom is -0.444 e. The highest BCUT2D eigenvalue weighted by Gasteiger charge is 2.28. The lowest BCUT2D eigenvalue weighted by Gasteiger charge is -2.24. The fraction of sp³-hybridized carbons (Fsp3) is 0.550. The Morgan fingerprint density at radius 1 is 1.07 bits per heavy atom. The summed E-state index contributed by atoms with van der Waals surface area (Å²) in [6.45, 7) is 10.0. The number of nitrogens with zero attached hydrogens (tertiary/aromatic N) is 1. The Morgan fingerprint density at radius 3 is 2.14 bits per heavy atom. The van der Waals surface area contributed by atoms with Crippen LogP contribution in [0.4, 0.5) is 15.3 Å². The molecule has 1 aromatic carbocycles. The van der Waals surface area contributed by atoms with Crippen molar-refractivity contribution in [2.75, 3.05) is 18.7 Å². The van der Waals surface area contributed by atoms with Crippen LogP contribution in [0.5, 0.6) is 0 Å². The first-order chi connectivity index (χ1) is 12.9. The molecule has 8 nitrogen and oxygen atoms in total. The highest BCUT2D eigenvalue weighted by molar-refractivity contribution is 5.87. The number of carbonyl (C=O) groups excluding carboxylic acids is 3. The van der Waals surface area contributed by atoms with Crippen LogP contribution in [-0.2, 0) is 19.0 Å². The maximum absolute atomic E-state index is 12.2. The van der Waals surface area contributed by atoms with E-state index in [0.29, 0.717) is 5.69 Å². The van der Waals surface area contributed by atoms with Crippen molar-refractivity contribution in [1.29, 1.82) is 0 Å². The second kappa shape index (κ2) is 9.96. The molecule has 0 fully saturated rings. The smallest absolute Gasteiger partial charge is 0.416 e. The van der Waals surface area contributed by atoms with Crippen molar-refractivity contribution in [1.82, 2.24) is 5.32 Å². The van der Waals surface area contributed by atoms with E-state index in [9.17, 15) is 14.4 Å². The van der Waals surface area contributed by atoms with Gasteiger partial charge in [0.1, 0.15) is 11.6 Å². The van der Waals surface area contributed by atoms with Crippen molar-refractivity contribution in [2.45, 2.75) is 53.2 Å². The van der Waals surface area contributed by atoms with Gasteiger partial charge >= 0.3 is 18.2 Å². The molecule has 0 radical (unpaired) electrons. The van der Waals surface area contributed by atoms with Gasteiger partial charge in [0.15, 0.2) is 0 Å². The highest BCUT2D eigenvalue weighted by atomic mass is 16.7. The molecule has 0 saturated carbocycles. The van der Waals surface area contributed by atoms with E-state index in [1.807, 2.05) is 19.1 Å². The number of rotatable bonds is 6. The Hall–Kier alpha value is -2.77. The minimum atomic E-state index is -0.927. The van der Waals surface area contributed by atoms with Gasteiger partial charge in [-0.2, -0.15) is 0 Å². The number of hydrogen-bond acceptors (Lipinski definition) is 6. The Morgan fingerprint density at radius 2 is 1.64 bits per heavy atom. The lowest BCUT2D eigenvalue weighted by Crippen LogP contribution is -2.47. The van der Waals surface area contributed by atoms with Crippen molar-refractivity contribution in [3.63, 3.8) is 0 Å². The first kappa shape index (κ1) is 23.3. The summed E-state index contributed by atoms with van der Waals surface area (Å²) < 4.78 is 15.1. The van der Waals surface area contributed by atoms with Gasteiger partial charge in [-0.05, 0) is 45.7 Å². The largest absolute Gasteiger partial charge is 0.444 e. The van der Waals surface area contributed by atoms with E-state index in [2.05, 4.69) is 5.32 Å². The Bertz CT molecular complexity index is 679. The van der Waals surface area contributed by atoms with E-state index in [0.717, 1.165) is 5.56 Å². The van der Waals surface area contributed by atoms with Crippen molar-refractivity contribution in [3.8, 4) is 0 Å². The molecule has 0 saturated heterocycles. The van der Waals surface area contributed by atoms with Crippen LogP contribution >= 0.6 is 0 Å². The number of alkyl carbamates (subject to hydrolysis) is 1. The average Bonchev–Trinajstić information content (AvgIpc) is 2.57. The van der Waals surface area contributed by atoms with Crippen LogP contribution in [0, 0.1) is 12.8 Å². The molecule has 28 heavy (non-hydrogen) atoms. The molecule has 2 amide bonds. The molecule has 1 rings (SSSR count). The Kier molecular flexibility index (Phi) is 8.28. The van der Waals surface area contributed by atoms with Gasteiger partial charge in [-0.1, -0.05) is 31.5 Å². The molecule has 0 heterocycles. The molecule has 0 unspecified atom stereocenters. The summed E-state index contributed by atoms with van der Waals surface area (Å²) >= 11 is 0. The topological polar surface area (TPSA) is 94.2 Å². The van der Waals surface area contributed by atoms with E-state index < -0.39 is 36.6 Å². The van der Waals surface area contributed by atoms with E-state index >= 15 is 0 Å². The number of amides is 2. The standard InChI is InChI=1S/C20H30N2O6/c1-13(2)16(21-18(24)28-20(4,5)6)17(23)26-12-27-19(25)22(7)15-10-8-14(3)9-11-15/h8-11,13,16H,12H2,1-7H3,(H,21,24)/t16-/m0/s1. The molecule has 0 aliphatic carbocycles. The van der Waals surface area contributed by atoms with Crippen molar-refractivity contribution < 1.29 is 28.6 Å².